The lowest BCUT2D eigenvalue weighted by molar-refractivity contribution is 0.0600. The van der Waals surface area contributed by atoms with E-state index in [1.165, 1.54) is 7.11 Å². The molecule has 0 fully saturated rings. The minimum Gasteiger partial charge on any atom is -0.465 e. The van der Waals surface area contributed by atoms with Gasteiger partial charge in [0.15, 0.2) is 5.65 Å². The van der Waals surface area contributed by atoms with E-state index in [0.29, 0.717) is 17.0 Å². The average molecular weight is 363 g/mol. The molecule has 0 bridgehead atoms. The number of pyridine rings is 1. The summed E-state index contributed by atoms with van der Waals surface area (Å²) in [5, 5.41) is 0.754. The molecule has 0 saturated carbocycles. The molecule has 0 spiro atoms. The number of nitrogens with zero attached hydrogens (tertiary/aromatic N) is 3. The monoisotopic (exact) mass is 363 g/mol. The van der Waals surface area contributed by atoms with Crippen LogP contribution in [0.25, 0.3) is 17.1 Å². The molecule has 0 atom stereocenters. The van der Waals surface area contributed by atoms with Crippen molar-refractivity contribution in [1.29, 1.82) is 0 Å². The third-order valence-corrected chi connectivity index (χ3v) is 4.36. The van der Waals surface area contributed by atoms with Crippen LogP contribution in [0.4, 0.5) is 11.8 Å². The smallest absolute Gasteiger partial charge is 0.337 e. The van der Waals surface area contributed by atoms with E-state index < -0.39 is 0 Å². The molecule has 0 aliphatic heterocycles. The number of nitrogen functional groups attached to an aromatic ring is 2. The Bertz CT molecular complexity index is 1010. The van der Waals surface area contributed by atoms with Crippen LogP contribution in [0.15, 0.2) is 36.5 Å². The lowest BCUT2D eigenvalue weighted by atomic mass is 10.0. The second kappa shape index (κ2) is 7.82. The summed E-state index contributed by atoms with van der Waals surface area (Å²) in [5.74, 6) is 0.140. The van der Waals surface area contributed by atoms with E-state index in [1.54, 1.807) is 12.1 Å². The van der Waals surface area contributed by atoms with Crippen LogP contribution < -0.4 is 11.5 Å². The zero-order valence-corrected chi connectivity index (χ0v) is 15.3. The van der Waals surface area contributed by atoms with Crippen LogP contribution in [0.2, 0.25) is 0 Å². The SMILES string of the molecule is COC(=O)c1ccc(C=CCCc2cnc3nc(N)nc(N)c3c2C)cc1. The normalized spacial score (nSPS) is 11.2. The molecular formula is C20H21N5O2. The Hall–Kier alpha value is -3.48. The summed E-state index contributed by atoms with van der Waals surface area (Å²) in [4.78, 5) is 23.9. The number of nitrogens with two attached hydrogens (primary N) is 2. The Kier molecular flexibility index (Phi) is 5.30. The van der Waals surface area contributed by atoms with E-state index in [-0.39, 0.29) is 11.9 Å². The largest absolute Gasteiger partial charge is 0.465 e. The maximum atomic E-state index is 11.4. The molecule has 7 heteroatoms. The van der Waals surface area contributed by atoms with Gasteiger partial charge >= 0.3 is 5.97 Å². The number of carbonyl (C=O) groups is 1. The molecule has 1 aromatic carbocycles. The van der Waals surface area contributed by atoms with Crippen molar-refractivity contribution in [2.24, 2.45) is 0 Å². The first-order chi connectivity index (χ1) is 13.0. The molecule has 27 heavy (non-hydrogen) atoms. The van der Waals surface area contributed by atoms with Gasteiger partial charge in [0.2, 0.25) is 5.95 Å². The average Bonchev–Trinajstić information content (AvgIpc) is 2.66. The fraction of sp³-hybridized carbons (Fsp3) is 0.200. The Labute approximate surface area is 157 Å². The van der Waals surface area contributed by atoms with Gasteiger partial charge in [-0.05, 0) is 48.6 Å². The van der Waals surface area contributed by atoms with Crippen LogP contribution in [-0.2, 0) is 11.2 Å². The van der Waals surface area contributed by atoms with Gasteiger partial charge in [-0.1, -0.05) is 24.3 Å². The molecule has 0 saturated heterocycles. The molecule has 138 valence electrons. The van der Waals surface area contributed by atoms with E-state index in [4.69, 9.17) is 16.2 Å². The fourth-order valence-electron chi connectivity index (χ4n) is 2.89. The van der Waals surface area contributed by atoms with Crippen LogP contribution >= 0.6 is 0 Å². The third-order valence-electron chi connectivity index (χ3n) is 4.36. The van der Waals surface area contributed by atoms with Crippen molar-refractivity contribution in [2.75, 3.05) is 18.6 Å². The second-order valence-corrected chi connectivity index (χ2v) is 6.13. The van der Waals surface area contributed by atoms with Crippen molar-refractivity contribution >= 4 is 34.8 Å². The van der Waals surface area contributed by atoms with Gasteiger partial charge in [0.05, 0.1) is 18.1 Å². The third kappa shape index (κ3) is 4.03. The number of hydrogen-bond donors (Lipinski definition) is 2. The molecule has 7 nitrogen and oxygen atoms in total. The van der Waals surface area contributed by atoms with E-state index in [0.717, 1.165) is 34.9 Å². The quantitative estimate of drug-likeness (QED) is 0.669. The Balaban J connectivity index is 1.69. The van der Waals surface area contributed by atoms with Gasteiger partial charge < -0.3 is 16.2 Å². The van der Waals surface area contributed by atoms with Gasteiger partial charge in [-0.15, -0.1) is 0 Å². The van der Waals surface area contributed by atoms with Crippen LogP contribution in [0.5, 0.6) is 0 Å². The Morgan fingerprint density at radius 1 is 1.19 bits per heavy atom. The predicted octanol–water partition coefficient (Wildman–Crippen LogP) is 2.93. The number of hydrogen-bond acceptors (Lipinski definition) is 7. The maximum absolute atomic E-state index is 11.4. The number of carbonyl (C=O) groups excluding carboxylic acids is 1. The first kappa shape index (κ1) is 18.3. The van der Waals surface area contributed by atoms with Gasteiger partial charge in [-0.3, -0.25) is 0 Å². The highest BCUT2D eigenvalue weighted by atomic mass is 16.5. The molecule has 0 aliphatic rings. The fourth-order valence-corrected chi connectivity index (χ4v) is 2.89. The van der Waals surface area contributed by atoms with Crippen molar-refractivity contribution in [3.63, 3.8) is 0 Å². The number of anilines is 2. The van der Waals surface area contributed by atoms with E-state index in [9.17, 15) is 4.79 Å². The summed E-state index contributed by atoms with van der Waals surface area (Å²) < 4.78 is 4.69. The highest BCUT2D eigenvalue weighted by molar-refractivity contribution is 5.90. The molecule has 0 radical (unpaired) electrons. The topological polar surface area (TPSA) is 117 Å². The highest BCUT2D eigenvalue weighted by Crippen LogP contribution is 2.24. The number of rotatable bonds is 5. The molecule has 2 aromatic heterocycles. The minimum absolute atomic E-state index is 0.126. The molecule has 0 amide bonds. The zero-order chi connectivity index (χ0) is 19.4. The summed E-state index contributed by atoms with van der Waals surface area (Å²) in [5.41, 5.74) is 15.8. The number of aryl methyl sites for hydroxylation is 2. The zero-order valence-electron chi connectivity index (χ0n) is 15.3. The summed E-state index contributed by atoms with van der Waals surface area (Å²) in [6, 6.07) is 7.26. The summed E-state index contributed by atoms with van der Waals surface area (Å²) in [7, 11) is 1.37. The van der Waals surface area contributed by atoms with Crippen LogP contribution in [0, 0.1) is 6.92 Å². The first-order valence-corrected chi connectivity index (χ1v) is 8.51. The van der Waals surface area contributed by atoms with Gasteiger partial charge in [-0.2, -0.15) is 9.97 Å². The number of methoxy groups -OCH3 is 1. The predicted molar refractivity (Wildman–Crippen MR) is 106 cm³/mol. The Morgan fingerprint density at radius 2 is 1.93 bits per heavy atom. The van der Waals surface area contributed by atoms with Crippen molar-refractivity contribution in [3.05, 3.63) is 58.8 Å². The molecule has 3 aromatic rings. The minimum atomic E-state index is -0.338. The number of aromatic nitrogens is 3. The van der Waals surface area contributed by atoms with Crippen molar-refractivity contribution in [2.45, 2.75) is 19.8 Å². The summed E-state index contributed by atoms with van der Waals surface area (Å²) >= 11 is 0. The van der Waals surface area contributed by atoms with Crippen molar-refractivity contribution < 1.29 is 9.53 Å². The van der Waals surface area contributed by atoms with Gasteiger partial charge in [0.1, 0.15) is 5.82 Å². The van der Waals surface area contributed by atoms with Crippen molar-refractivity contribution in [1.82, 2.24) is 15.0 Å². The van der Waals surface area contributed by atoms with E-state index >= 15 is 0 Å². The summed E-state index contributed by atoms with van der Waals surface area (Å²) in [6.07, 6.45) is 7.56. The Morgan fingerprint density at radius 3 is 2.63 bits per heavy atom. The molecule has 0 unspecified atom stereocenters. The number of esters is 1. The molecular weight excluding hydrogens is 342 g/mol. The number of fused-ring (bicyclic) bond motifs is 1. The second-order valence-electron chi connectivity index (χ2n) is 6.13. The van der Waals surface area contributed by atoms with Gasteiger partial charge in [-0.25, -0.2) is 9.78 Å². The summed E-state index contributed by atoms with van der Waals surface area (Å²) in [6.45, 7) is 1.99. The standard InChI is InChI=1S/C20H21N5O2/c1-12-15(11-23-18-16(12)17(21)24-20(22)25-18)6-4-3-5-13-7-9-14(10-8-13)19(26)27-2/h3,5,7-11H,4,6H2,1-2H3,(H4,21,22,23,24,25). The van der Waals surface area contributed by atoms with Crippen LogP contribution in [0.1, 0.15) is 33.5 Å². The molecule has 4 N–H and O–H groups in total. The lowest BCUT2D eigenvalue weighted by Gasteiger charge is -2.09. The van der Waals surface area contributed by atoms with Crippen molar-refractivity contribution in [3.8, 4) is 0 Å². The van der Waals surface area contributed by atoms with Gasteiger partial charge in [0, 0.05) is 6.20 Å². The van der Waals surface area contributed by atoms with Crippen LogP contribution in [-0.4, -0.2) is 28.0 Å². The lowest BCUT2D eigenvalue weighted by Crippen LogP contribution is -2.04. The van der Waals surface area contributed by atoms with Crippen LogP contribution in [0.3, 0.4) is 0 Å². The molecule has 2 heterocycles. The number of allylic oxidation sites excluding steroid dienone is 1. The number of ether oxygens (including phenoxy) is 1. The highest BCUT2D eigenvalue weighted by Gasteiger charge is 2.10. The molecule has 0 aliphatic carbocycles. The van der Waals surface area contributed by atoms with E-state index in [1.807, 2.05) is 31.3 Å². The van der Waals surface area contributed by atoms with E-state index in [2.05, 4.69) is 21.0 Å². The van der Waals surface area contributed by atoms with Gasteiger partial charge in [0.25, 0.3) is 0 Å². The number of benzene rings is 1. The first-order valence-electron chi connectivity index (χ1n) is 8.51. The maximum Gasteiger partial charge on any atom is 0.337 e. The molecule has 3 rings (SSSR count).